The van der Waals surface area contributed by atoms with Crippen LogP contribution in [-0.2, 0) is 6.54 Å². The van der Waals surface area contributed by atoms with E-state index in [0.717, 1.165) is 40.7 Å². The van der Waals surface area contributed by atoms with Gasteiger partial charge in [-0.25, -0.2) is 14.6 Å². The Kier molecular flexibility index (Phi) is 6.12. The number of nitrogen functional groups attached to an aromatic ring is 1. The van der Waals surface area contributed by atoms with Crippen LogP contribution >= 0.6 is 0 Å². The molecule has 8 heteroatoms. The zero-order valence-corrected chi connectivity index (χ0v) is 19.2. The first-order chi connectivity index (χ1) is 16.7. The van der Waals surface area contributed by atoms with Crippen molar-refractivity contribution in [1.29, 1.82) is 0 Å². The molecule has 4 aromatic rings. The molecule has 0 spiro atoms. The highest BCUT2D eigenvalue weighted by Crippen LogP contribution is 2.35. The van der Waals surface area contributed by atoms with Crippen LogP contribution in [0.25, 0.3) is 22.3 Å². The fraction of sp³-hybridized carbons (Fsp3) is 0.308. The summed E-state index contributed by atoms with van der Waals surface area (Å²) in [7, 11) is 1.56. The molecule has 3 N–H and O–H groups in total. The Hall–Kier alpha value is -3.94. The number of rotatable bonds is 6. The number of aromatic nitrogens is 4. The first-order valence-corrected chi connectivity index (χ1v) is 11.6. The third-order valence-corrected chi connectivity index (χ3v) is 6.47. The van der Waals surface area contributed by atoms with Crippen LogP contribution in [0.1, 0.15) is 54.1 Å². The van der Waals surface area contributed by atoms with Gasteiger partial charge in [-0.1, -0.05) is 55.7 Å². The number of ether oxygens (including phenoxy) is 1. The molecule has 2 aromatic heterocycles. The number of amides is 1. The van der Waals surface area contributed by atoms with E-state index in [-0.39, 0.29) is 5.91 Å². The molecule has 0 bridgehead atoms. The van der Waals surface area contributed by atoms with Crippen molar-refractivity contribution in [2.24, 2.45) is 0 Å². The highest BCUT2D eigenvalue weighted by molar-refractivity contribution is 5.98. The molecular formula is C26H28N6O2. The van der Waals surface area contributed by atoms with Gasteiger partial charge in [0.1, 0.15) is 23.6 Å². The lowest BCUT2D eigenvalue weighted by atomic mass is 9.96. The van der Waals surface area contributed by atoms with E-state index in [1.54, 1.807) is 19.2 Å². The van der Waals surface area contributed by atoms with Crippen LogP contribution in [0, 0.1) is 0 Å². The van der Waals surface area contributed by atoms with E-state index >= 15 is 0 Å². The molecule has 1 saturated carbocycles. The summed E-state index contributed by atoms with van der Waals surface area (Å²) < 4.78 is 7.33. The number of carbonyl (C=O) groups is 1. The zero-order chi connectivity index (χ0) is 23.5. The van der Waals surface area contributed by atoms with Crippen LogP contribution in [0.5, 0.6) is 5.75 Å². The fourth-order valence-electron chi connectivity index (χ4n) is 4.67. The maximum Gasteiger partial charge on any atom is 0.255 e. The zero-order valence-electron chi connectivity index (χ0n) is 19.2. The van der Waals surface area contributed by atoms with Crippen molar-refractivity contribution < 1.29 is 9.53 Å². The number of fused-ring (bicyclic) bond motifs is 1. The van der Waals surface area contributed by atoms with Gasteiger partial charge in [0.25, 0.3) is 5.91 Å². The summed E-state index contributed by atoms with van der Waals surface area (Å²) in [5.74, 6) is 0.814. The predicted octanol–water partition coefficient (Wildman–Crippen LogP) is 4.52. The molecule has 2 aromatic carbocycles. The second kappa shape index (κ2) is 9.51. The number of methoxy groups -OCH3 is 1. The number of benzene rings is 2. The fourth-order valence-corrected chi connectivity index (χ4v) is 4.67. The monoisotopic (exact) mass is 456 g/mol. The number of nitrogens with two attached hydrogens (primary N) is 1. The summed E-state index contributed by atoms with van der Waals surface area (Å²) in [6.07, 6.45) is 7.40. The molecule has 34 heavy (non-hydrogen) atoms. The van der Waals surface area contributed by atoms with Crippen LogP contribution in [0.4, 0.5) is 5.82 Å². The third-order valence-electron chi connectivity index (χ3n) is 6.47. The van der Waals surface area contributed by atoms with Crippen LogP contribution in [0.2, 0.25) is 0 Å². The highest BCUT2D eigenvalue weighted by Gasteiger charge is 2.23. The predicted molar refractivity (Wildman–Crippen MR) is 131 cm³/mol. The number of nitrogens with zero attached hydrogens (tertiary/aromatic N) is 4. The summed E-state index contributed by atoms with van der Waals surface area (Å²) in [5.41, 5.74) is 10.3. The molecule has 1 amide bonds. The van der Waals surface area contributed by atoms with Gasteiger partial charge in [0.05, 0.1) is 24.1 Å². The van der Waals surface area contributed by atoms with E-state index in [2.05, 4.69) is 15.3 Å². The Balaban J connectivity index is 1.38. The molecule has 1 aliphatic rings. The Bertz CT molecular complexity index is 1310. The molecule has 1 fully saturated rings. The van der Waals surface area contributed by atoms with E-state index in [9.17, 15) is 4.79 Å². The molecule has 174 valence electrons. The molecule has 0 atom stereocenters. The molecule has 0 radical (unpaired) electrons. The Morgan fingerprint density at radius 3 is 2.62 bits per heavy atom. The summed E-state index contributed by atoms with van der Waals surface area (Å²) >= 11 is 0. The van der Waals surface area contributed by atoms with Crippen molar-refractivity contribution in [2.75, 3.05) is 12.8 Å². The quantitative estimate of drug-likeness (QED) is 0.442. The molecular weight excluding hydrogens is 428 g/mol. The Morgan fingerprint density at radius 1 is 1.09 bits per heavy atom. The number of carbonyl (C=O) groups excluding carboxylic acids is 1. The average Bonchev–Trinajstić information content (AvgIpc) is 3.29. The van der Waals surface area contributed by atoms with Gasteiger partial charge in [0.15, 0.2) is 5.65 Å². The van der Waals surface area contributed by atoms with Crippen molar-refractivity contribution in [3.63, 3.8) is 0 Å². The molecule has 8 nitrogen and oxygen atoms in total. The largest absolute Gasteiger partial charge is 0.496 e. The Morgan fingerprint density at radius 2 is 1.85 bits per heavy atom. The van der Waals surface area contributed by atoms with Gasteiger partial charge < -0.3 is 15.8 Å². The second-order valence-corrected chi connectivity index (χ2v) is 8.62. The van der Waals surface area contributed by atoms with Crippen molar-refractivity contribution in [1.82, 2.24) is 25.1 Å². The molecule has 0 unspecified atom stereocenters. The summed E-state index contributed by atoms with van der Waals surface area (Å²) in [6, 6.07) is 15.5. The Labute approximate surface area is 198 Å². The number of para-hydroxylation sites is 1. The van der Waals surface area contributed by atoms with Crippen LogP contribution in [0.3, 0.4) is 0 Å². The van der Waals surface area contributed by atoms with E-state index in [0.29, 0.717) is 29.7 Å². The van der Waals surface area contributed by atoms with Crippen molar-refractivity contribution in [3.8, 4) is 17.0 Å². The van der Waals surface area contributed by atoms with E-state index < -0.39 is 0 Å². The minimum absolute atomic E-state index is 0.177. The summed E-state index contributed by atoms with van der Waals surface area (Å²) in [4.78, 5) is 21.3. The van der Waals surface area contributed by atoms with Crippen LogP contribution < -0.4 is 15.8 Å². The number of anilines is 1. The third kappa shape index (κ3) is 4.19. The van der Waals surface area contributed by atoms with E-state index in [4.69, 9.17) is 15.6 Å². The summed E-state index contributed by atoms with van der Waals surface area (Å²) in [6.45, 7) is 0.402. The number of nitrogens with one attached hydrogen (secondary N) is 1. The van der Waals surface area contributed by atoms with Gasteiger partial charge in [0.2, 0.25) is 0 Å². The van der Waals surface area contributed by atoms with Gasteiger partial charge in [-0.2, -0.15) is 5.10 Å². The first kappa shape index (κ1) is 21.9. The van der Waals surface area contributed by atoms with E-state index in [1.807, 2.05) is 41.1 Å². The van der Waals surface area contributed by atoms with E-state index in [1.165, 1.54) is 25.6 Å². The lowest BCUT2D eigenvalue weighted by Crippen LogP contribution is -2.23. The first-order valence-electron chi connectivity index (χ1n) is 11.6. The average molecular weight is 457 g/mol. The minimum atomic E-state index is -0.177. The van der Waals surface area contributed by atoms with Crippen molar-refractivity contribution in [3.05, 3.63) is 66.0 Å². The van der Waals surface area contributed by atoms with Gasteiger partial charge in [-0.3, -0.25) is 4.79 Å². The normalized spacial score (nSPS) is 14.3. The number of hydrogen-bond donors (Lipinski definition) is 2. The molecule has 0 saturated heterocycles. The maximum atomic E-state index is 12.6. The highest BCUT2D eigenvalue weighted by atomic mass is 16.5. The van der Waals surface area contributed by atoms with Crippen molar-refractivity contribution in [2.45, 2.75) is 44.7 Å². The van der Waals surface area contributed by atoms with Crippen molar-refractivity contribution >= 4 is 22.8 Å². The molecule has 1 aliphatic carbocycles. The molecule has 0 aliphatic heterocycles. The van der Waals surface area contributed by atoms with Crippen LogP contribution in [-0.4, -0.2) is 32.8 Å². The lowest BCUT2D eigenvalue weighted by molar-refractivity contribution is 0.0948. The van der Waals surface area contributed by atoms with Crippen LogP contribution in [0.15, 0.2) is 54.9 Å². The molecule has 5 rings (SSSR count). The van der Waals surface area contributed by atoms with Gasteiger partial charge in [-0.15, -0.1) is 0 Å². The van der Waals surface area contributed by atoms with Gasteiger partial charge in [-0.05, 0) is 30.5 Å². The van der Waals surface area contributed by atoms with Gasteiger partial charge in [0, 0.05) is 12.1 Å². The number of hydrogen-bond acceptors (Lipinski definition) is 6. The molecule has 2 heterocycles. The minimum Gasteiger partial charge on any atom is -0.496 e. The second-order valence-electron chi connectivity index (χ2n) is 8.62. The standard InChI is InChI=1S/C26H28N6O2/c1-34-21-10-6-5-9-20(21)26(33)28-15-17-11-13-18(14-12-17)23-22-24(27)29-16-30-25(22)32(31-23)19-7-3-2-4-8-19/h5-6,9-14,16,19H,2-4,7-8,15H2,1H3,(H,28,33)(H2,27,29,30). The van der Waals surface area contributed by atoms with Gasteiger partial charge >= 0.3 is 0 Å². The lowest BCUT2D eigenvalue weighted by Gasteiger charge is -2.22. The maximum absolute atomic E-state index is 12.6. The topological polar surface area (TPSA) is 108 Å². The smallest absolute Gasteiger partial charge is 0.255 e. The summed E-state index contributed by atoms with van der Waals surface area (Å²) in [5, 5.41) is 8.71. The SMILES string of the molecule is COc1ccccc1C(=O)NCc1ccc(-c2nn(C3CCCCC3)c3ncnc(N)c23)cc1.